The number of anilines is 1. The number of nitrogens with one attached hydrogen (secondary N) is 1. The molecule has 0 aliphatic rings. The normalized spacial score (nSPS) is 10.4. The molecule has 0 amide bonds. The lowest BCUT2D eigenvalue weighted by Gasteiger charge is -2.16. The van der Waals surface area contributed by atoms with Gasteiger partial charge in [0.2, 0.25) is 0 Å². The van der Waals surface area contributed by atoms with Crippen molar-refractivity contribution in [1.82, 2.24) is 14.4 Å². The van der Waals surface area contributed by atoms with E-state index in [4.69, 9.17) is 4.74 Å². The number of aromatic nitrogens is 3. The van der Waals surface area contributed by atoms with Crippen LogP contribution in [0.3, 0.4) is 0 Å². The monoisotopic (exact) mass is 363 g/mol. The molecule has 0 saturated heterocycles. The van der Waals surface area contributed by atoms with E-state index in [1.807, 2.05) is 6.07 Å². The van der Waals surface area contributed by atoms with Crippen LogP contribution in [0.4, 0.5) is 5.82 Å². The van der Waals surface area contributed by atoms with E-state index in [1.165, 1.54) is 10.6 Å². The van der Waals surface area contributed by atoms with Crippen molar-refractivity contribution in [3.05, 3.63) is 57.8 Å². The number of nitriles is 1. The molecule has 0 unspecified atom stereocenters. The minimum Gasteiger partial charge on any atom is -0.462 e. The van der Waals surface area contributed by atoms with Gasteiger partial charge in [-0.15, -0.1) is 0 Å². The summed E-state index contributed by atoms with van der Waals surface area (Å²) >= 11 is 0. The zero-order valence-electron chi connectivity index (χ0n) is 15.1. The van der Waals surface area contributed by atoms with Crippen molar-refractivity contribution in [1.29, 1.82) is 5.26 Å². The fraction of sp³-hybridized carbons (Fsp3) is 0.211. The maximum atomic E-state index is 13.1. The fourth-order valence-corrected chi connectivity index (χ4v) is 2.94. The number of hydrogen-bond donors (Lipinski definition) is 1. The second-order valence-corrected chi connectivity index (χ2v) is 5.69. The van der Waals surface area contributed by atoms with Crippen molar-refractivity contribution < 1.29 is 9.53 Å². The Balaban J connectivity index is 2.57. The van der Waals surface area contributed by atoms with Gasteiger partial charge in [-0.2, -0.15) is 5.26 Å². The molecule has 0 radical (unpaired) electrons. The molecule has 136 valence electrons. The first kappa shape index (κ1) is 18.1. The zero-order chi connectivity index (χ0) is 19.6. The van der Waals surface area contributed by atoms with E-state index in [2.05, 4.69) is 15.3 Å². The van der Waals surface area contributed by atoms with Gasteiger partial charge in [0.1, 0.15) is 17.5 Å². The second-order valence-electron chi connectivity index (χ2n) is 5.69. The van der Waals surface area contributed by atoms with Crippen LogP contribution in [0.5, 0.6) is 0 Å². The fourth-order valence-electron chi connectivity index (χ4n) is 2.94. The summed E-state index contributed by atoms with van der Waals surface area (Å²) in [5.74, 6) is -0.195. The Bertz CT molecular complexity index is 1140. The number of nitrogens with zero attached hydrogens (tertiary/aromatic N) is 4. The van der Waals surface area contributed by atoms with E-state index >= 15 is 0 Å². The molecule has 8 heteroatoms. The number of aryl methyl sites for hydroxylation is 1. The van der Waals surface area contributed by atoms with Gasteiger partial charge in [0.25, 0.3) is 5.56 Å². The number of ether oxygens (including phenoxy) is 1. The largest absolute Gasteiger partial charge is 0.462 e. The lowest BCUT2D eigenvalue weighted by atomic mass is 9.98. The molecule has 3 heterocycles. The summed E-state index contributed by atoms with van der Waals surface area (Å²) in [5.41, 5.74) is 0.666. The molecule has 1 N–H and O–H groups in total. The molecular formula is C19H17N5O3. The number of esters is 1. The van der Waals surface area contributed by atoms with E-state index in [1.54, 1.807) is 45.3 Å². The predicted molar refractivity (Wildman–Crippen MR) is 99.6 cm³/mol. The molecule has 0 aliphatic carbocycles. The smallest absolute Gasteiger partial charge is 0.341 e. The number of hydrogen-bond acceptors (Lipinski definition) is 7. The van der Waals surface area contributed by atoms with E-state index in [-0.39, 0.29) is 29.0 Å². The molecule has 0 saturated carbocycles. The zero-order valence-corrected chi connectivity index (χ0v) is 15.1. The van der Waals surface area contributed by atoms with Crippen LogP contribution >= 0.6 is 0 Å². The summed E-state index contributed by atoms with van der Waals surface area (Å²) in [7, 11) is 1.65. The highest BCUT2D eigenvalue weighted by atomic mass is 16.5. The van der Waals surface area contributed by atoms with Gasteiger partial charge in [0.05, 0.1) is 35.3 Å². The standard InChI is InChI=1S/C19H17N5O3/c1-4-27-19(26)17-14-6-5-7-15(21-3)24(14)18(25)12(8-20)16(17)13-10-22-9-11(2)23-13/h5-7,9-10,21H,4H2,1-3H3. The molecule has 8 nitrogen and oxygen atoms in total. The average molecular weight is 363 g/mol. The van der Waals surface area contributed by atoms with Gasteiger partial charge in [-0.25, -0.2) is 9.78 Å². The molecule has 3 aromatic heterocycles. The number of carbonyl (C=O) groups excluding carboxylic acids is 1. The first-order valence-electron chi connectivity index (χ1n) is 8.29. The Kier molecular flexibility index (Phi) is 4.86. The quantitative estimate of drug-likeness (QED) is 0.707. The Hall–Kier alpha value is -3.73. The Morgan fingerprint density at radius 2 is 2.15 bits per heavy atom. The summed E-state index contributed by atoms with van der Waals surface area (Å²) in [4.78, 5) is 34.3. The van der Waals surface area contributed by atoms with Gasteiger partial charge in [-0.3, -0.25) is 14.2 Å². The lowest BCUT2D eigenvalue weighted by Crippen LogP contribution is -2.24. The molecule has 0 bridgehead atoms. The van der Waals surface area contributed by atoms with Crippen LogP contribution in [-0.4, -0.2) is 34.0 Å². The Labute approximate surface area is 155 Å². The predicted octanol–water partition coefficient (Wildman–Crippen LogP) is 2.16. The van der Waals surface area contributed by atoms with Crippen molar-refractivity contribution in [3.8, 4) is 17.3 Å². The Morgan fingerprint density at radius 1 is 1.37 bits per heavy atom. The first-order valence-corrected chi connectivity index (χ1v) is 8.29. The summed E-state index contributed by atoms with van der Waals surface area (Å²) in [5, 5.41) is 12.6. The SMILES string of the molecule is CCOC(=O)c1c(-c2cncc(C)n2)c(C#N)c(=O)n2c(NC)cccc12. The van der Waals surface area contributed by atoms with Crippen LogP contribution in [0, 0.1) is 18.3 Å². The van der Waals surface area contributed by atoms with E-state index < -0.39 is 11.5 Å². The van der Waals surface area contributed by atoms with Crippen LogP contribution in [-0.2, 0) is 4.74 Å². The number of fused-ring (bicyclic) bond motifs is 1. The molecule has 0 aromatic carbocycles. The van der Waals surface area contributed by atoms with Crippen LogP contribution < -0.4 is 10.9 Å². The van der Waals surface area contributed by atoms with Crippen molar-refractivity contribution in [3.63, 3.8) is 0 Å². The minimum absolute atomic E-state index is 0.102. The van der Waals surface area contributed by atoms with Crippen LogP contribution in [0.2, 0.25) is 0 Å². The van der Waals surface area contributed by atoms with E-state index in [0.717, 1.165) is 0 Å². The summed E-state index contributed by atoms with van der Waals surface area (Å²) in [6, 6.07) is 6.94. The van der Waals surface area contributed by atoms with Crippen molar-refractivity contribution >= 4 is 17.3 Å². The maximum Gasteiger partial charge on any atom is 0.341 e. The third kappa shape index (κ3) is 3.00. The van der Waals surface area contributed by atoms with Gasteiger partial charge in [0.15, 0.2) is 0 Å². The topological polar surface area (TPSA) is 109 Å². The minimum atomic E-state index is -0.641. The van der Waals surface area contributed by atoms with Crippen LogP contribution in [0.15, 0.2) is 35.4 Å². The molecular weight excluding hydrogens is 346 g/mol. The van der Waals surface area contributed by atoms with Gasteiger partial charge in [-0.1, -0.05) is 6.07 Å². The third-order valence-corrected chi connectivity index (χ3v) is 4.02. The number of carbonyl (C=O) groups is 1. The van der Waals surface area contributed by atoms with Gasteiger partial charge < -0.3 is 10.1 Å². The average Bonchev–Trinajstić information content (AvgIpc) is 2.67. The van der Waals surface area contributed by atoms with Gasteiger partial charge in [-0.05, 0) is 26.0 Å². The van der Waals surface area contributed by atoms with Crippen molar-refractivity contribution in [2.24, 2.45) is 0 Å². The summed E-state index contributed by atoms with van der Waals surface area (Å²) in [6.45, 7) is 3.57. The van der Waals surface area contributed by atoms with Crippen LogP contribution in [0.1, 0.15) is 28.5 Å². The second kappa shape index (κ2) is 7.25. The molecule has 3 rings (SSSR count). The van der Waals surface area contributed by atoms with Crippen molar-refractivity contribution in [2.45, 2.75) is 13.8 Å². The van der Waals surface area contributed by atoms with Crippen molar-refractivity contribution in [2.75, 3.05) is 19.0 Å². The molecule has 0 fully saturated rings. The first-order chi connectivity index (χ1) is 13.0. The molecule has 3 aromatic rings. The number of pyridine rings is 2. The maximum absolute atomic E-state index is 13.1. The van der Waals surface area contributed by atoms with E-state index in [9.17, 15) is 14.9 Å². The van der Waals surface area contributed by atoms with E-state index in [0.29, 0.717) is 17.0 Å². The summed E-state index contributed by atoms with van der Waals surface area (Å²) in [6.07, 6.45) is 2.97. The van der Waals surface area contributed by atoms with Gasteiger partial charge >= 0.3 is 5.97 Å². The third-order valence-electron chi connectivity index (χ3n) is 4.02. The number of rotatable bonds is 4. The highest BCUT2D eigenvalue weighted by molar-refractivity contribution is 6.05. The highest BCUT2D eigenvalue weighted by Gasteiger charge is 2.26. The van der Waals surface area contributed by atoms with Gasteiger partial charge in [0, 0.05) is 18.8 Å². The molecule has 0 aliphatic heterocycles. The molecule has 0 spiro atoms. The molecule has 0 atom stereocenters. The molecule has 27 heavy (non-hydrogen) atoms. The summed E-state index contributed by atoms with van der Waals surface area (Å²) < 4.78 is 6.50. The highest BCUT2D eigenvalue weighted by Crippen LogP contribution is 2.29. The Morgan fingerprint density at radius 3 is 2.78 bits per heavy atom. The lowest BCUT2D eigenvalue weighted by molar-refractivity contribution is 0.0529. The van der Waals surface area contributed by atoms with Crippen LogP contribution in [0.25, 0.3) is 16.8 Å².